The fraction of sp³-hybridized carbons (Fsp3) is 0.706. The molecule has 2 saturated heterocycles. The summed E-state index contributed by atoms with van der Waals surface area (Å²) in [7, 11) is 0. The highest BCUT2D eigenvalue weighted by atomic mass is 19.3. The number of nitrogens with zero attached hydrogens (tertiary/aromatic N) is 4. The van der Waals surface area contributed by atoms with Crippen molar-refractivity contribution in [2.45, 2.75) is 120 Å². The Labute approximate surface area is 254 Å². The number of hydrogen-bond donors (Lipinski definition) is 1. The maximum absolute atomic E-state index is 14.1. The lowest BCUT2D eigenvalue weighted by Crippen LogP contribution is -2.45. The largest absolute Gasteiger partial charge is 0.381 e. The van der Waals surface area contributed by atoms with Gasteiger partial charge < -0.3 is 10.1 Å². The van der Waals surface area contributed by atoms with Gasteiger partial charge in [0.15, 0.2) is 0 Å². The van der Waals surface area contributed by atoms with Crippen LogP contribution in [0.2, 0.25) is 0 Å². The molecule has 6 rings (SSSR count). The summed E-state index contributed by atoms with van der Waals surface area (Å²) in [5.41, 5.74) is 4.09. The van der Waals surface area contributed by atoms with Gasteiger partial charge in [-0.15, -0.1) is 0 Å². The number of hydrogen-bond acceptors (Lipinski definition) is 6. The van der Waals surface area contributed by atoms with Crippen LogP contribution in [0.5, 0.6) is 0 Å². The molecular formula is C34H47F2N5O2. The van der Waals surface area contributed by atoms with E-state index >= 15 is 0 Å². The molecule has 7 nitrogen and oxygen atoms in total. The minimum Gasteiger partial charge on any atom is -0.381 e. The average molecular weight is 596 g/mol. The predicted molar refractivity (Wildman–Crippen MR) is 161 cm³/mol. The van der Waals surface area contributed by atoms with Crippen molar-refractivity contribution in [2.24, 2.45) is 0 Å². The number of aryl methyl sites for hydroxylation is 1. The van der Waals surface area contributed by atoms with Crippen molar-refractivity contribution in [2.75, 3.05) is 32.8 Å². The van der Waals surface area contributed by atoms with Crippen LogP contribution in [0.15, 0.2) is 24.5 Å². The molecule has 0 aromatic carbocycles. The van der Waals surface area contributed by atoms with Crippen LogP contribution < -0.4 is 5.32 Å². The van der Waals surface area contributed by atoms with Crippen molar-refractivity contribution < 1.29 is 18.3 Å². The zero-order chi connectivity index (χ0) is 29.6. The molecule has 0 radical (unpaired) electrons. The number of rotatable bonds is 7. The van der Waals surface area contributed by atoms with E-state index < -0.39 is 5.92 Å². The number of carbonyl (C=O) groups is 1. The van der Waals surface area contributed by atoms with Gasteiger partial charge >= 0.3 is 0 Å². The number of aromatic nitrogens is 3. The van der Waals surface area contributed by atoms with E-state index in [1.54, 1.807) is 0 Å². The molecule has 1 N–H and O–H groups in total. The summed E-state index contributed by atoms with van der Waals surface area (Å²) in [5, 5.41) is 3.21. The number of nitrogens with one attached hydrogen (secondary N) is 1. The third-order valence-electron chi connectivity index (χ3n) is 10.2. The van der Waals surface area contributed by atoms with Crippen LogP contribution in [-0.2, 0) is 16.0 Å². The highest BCUT2D eigenvalue weighted by molar-refractivity contribution is 5.84. The fourth-order valence-electron chi connectivity index (χ4n) is 7.57. The maximum Gasteiger partial charge on any atom is 0.250 e. The maximum atomic E-state index is 14.1. The Kier molecular flexibility index (Phi) is 9.97. The number of likely N-dealkylation sites (tertiary alicyclic amines) is 1. The molecule has 43 heavy (non-hydrogen) atoms. The van der Waals surface area contributed by atoms with Crippen LogP contribution in [0.3, 0.4) is 0 Å². The molecule has 3 fully saturated rings. The van der Waals surface area contributed by atoms with E-state index in [4.69, 9.17) is 19.7 Å². The average Bonchev–Trinajstić information content (AvgIpc) is 3.02. The van der Waals surface area contributed by atoms with Crippen molar-refractivity contribution in [3.05, 3.63) is 52.9 Å². The third-order valence-corrected chi connectivity index (χ3v) is 10.2. The SMILES string of the molecule is O=C(NCC(c1cnc(C2CCCCC2)nc1)N1CCC(F)(F)CC1)C1CCCc2nc(C3CCCCOCC3)ccc21. The van der Waals surface area contributed by atoms with Crippen LogP contribution >= 0.6 is 0 Å². The molecule has 3 atom stereocenters. The van der Waals surface area contributed by atoms with E-state index in [9.17, 15) is 13.6 Å². The summed E-state index contributed by atoms with van der Waals surface area (Å²) >= 11 is 0. The van der Waals surface area contributed by atoms with E-state index in [0.29, 0.717) is 18.4 Å². The summed E-state index contributed by atoms with van der Waals surface area (Å²) in [6.07, 6.45) is 16.3. The number of fused-ring (bicyclic) bond motifs is 1. The first kappa shape index (κ1) is 30.5. The van der Waals surface area contributed by atoms with Gasteiger partial charge in [-0.25, -0.2) is 18.7 Å². The van der Waals surface area contributed by atoms with E-state index in [0.717, 1.165) is 99.3 Å². The molecule has 2 aliphatic carbocycles. The van der Waals surface area contributed by atoms with Crippen LogP contribution in [0, 0.1) is 0 Å². The van der Waals surface area contributed by atoms with Crippen LogP contribution in [0.1, 0.15) is 136 Å². The molecule has 0 spiro atoms. The van der Waals surface area contributed by atoms with Crippen LogP contribution in [-0.4, -0.2) is 64.5 Å². The third kappa shape index (κ3) is 7.59. The zero-order valence-electron chi connectivity index (χ0n) is 25.4. The van der Waals surface area contributed by atoms with Gasteiger partial charge in [0.1, 0.15) is 5.82 Å². The van der Waals surface area contributed by atoms with Gasteiger partial charge in [-0.2, -0.15) is 0 Å². The minimum atomic E-state index is -2.63. The molecule has 2 aromatic rings. The molecule has 4 aliphatic rings. The molecule has 0 bridgehead atoms. The van der Waals surface area contributed by atoms with E-state index in [1.165, 1.54) is 19.3 Å². The summed E-state index contributed by atoms with van der Waals surface area (Å²) in [4.78, 5) is 30.3. The minimum absolute atomic E-state index is 0.0121. The van der Waals surface area contributed by atoms with Gasteiger partial charge in [-0.05, 0) is 63.0 Å². The lowest BCUT2D eigenvalue weighted by molar-refractivity contribution is -0.123. The standard InChI is InChI=1S/C34H47F2N5O2/c35-34(36)15-17-41(18-16-34)31(26-21-37-32(38-22-26)25-8-2-1-3-9-25)23-39-33(42)28-10-6-11-30-27(28)12-13-29(40-30)24-7-4-5-19-43-20-14-24/h12-13,21-22,24-25,28,31H,1-11,14-20,23H2,(H,39,42). The molecule has 4 heterocycles. The monoisotopic (exact) mass is 595 g/mol. The fourth-order valence-corrected chi connectivity index (χ4v) is 7.57. The Morgan fingerprint density at radius 3 is 2.47 bits per heavy atom. The highest BCUT2D eigenvalue weighted by Crippen LogP contribution is 2.36. The summed E-state index contributed by atoms with van der Waals surface area (Å²) in [5.74, 6) is -1.20. The van der Waals surface area contributed by atoms with E-state index in [-0.39, 0.29) is 43.8 Å². The predicted octanol–water partition coefficient (Wildman–Crippen LogP) is 6.60. The lowest BCUT2D eigenvalue weighted by atomic mass is 9.83. The van der Waals surface area contributed by atoms with Gasteiger partial charge in [-0.1, -0.05) is 31.7 Å². The van der Waals surface area contributed by atoms with Crippen molar-refractivity contribution in [3.63, 3.8) is 0 Å². The number of ether oxygens (including phenoxy) is 1. The molecule has 9 heteroatoms. The molecule has 234 valence electrons. The molecule has 1 saturated carbocycles. The second kappa shape index (κ2) is 14.1. The number of carbonyl (C=O) groups excluding carboxylic acids is 1. The second-order valence-electron chi connectivity index (χ2n) is 13.2. The van der Waals surface area contributed by atoms with Crippen molar-refractivity contribution in [1.29, 1.82) is 0 Å². The number of pyridine rings is 1. The topological polar surface area (TPSA) is 80.2 Å². The Morgan fingerprint density at radius 2 is 1.67 bits per heavy atom. The number of amides is 1. The van der Waals surface area contributed by atoms with Gasteiger partial charge in [0, 0.05) is 86.9 Å². The smallest absolute Gasteiger partial charge is 0.250 e. The Balaban J connectivity index is 1.15. The quantitative estimate of drug-likeness (QED) is 0.389. The van der Waals surface area contributed by atoms with Crippen molar-refractivity contribution >= 4 is 5.91 Å². The van der Waals surface area contributed by atoms with Crippen LogP contribution in [0.25, 0.3) is 0 Å². The number of halogens is 2. The van der Waals surface area contributed by atoms with Crippen molar-refractivity contribution in [1.82, 2.24) is 25.2 Å². The number of piperidine rings is 1. The molecule has 2 aromatic heterocycles. The Hall–Kier alpha value is -2.52. The first-order valence-electron chi connectivity index (χ1n) is 16.8. The zero-order valence-corrected chi connectivity index (χ0v) is 25.4. The molecular weight excluding hydrogens is 548 g/mol. The molecule has 1 amide bonds. The highest BCUT2D eigenvalue weighted by Gasteiger charge is 2.37. The molecule has 2 aliphatic heterocycles. The normalized spacial score (nSPS) is 26.1. The first-order valence-corrected chi connectivity index (χ1v) is 16.8. The van der Waals surface area contributed by atoms with Gasteiger partial charge in [-0.3, -0.25) is 14.7 Å². The van der Waals surface area contributed by atoms with Crippen LogP contribution in [0.4, 0.5) is 8.78 Å². The van der Waals surface area contributed by atoms with Crippen molar-refractivity contribution in [3.8, 4) is 0 Å². The van der Waals surface area contributed by atoms with E-state index in [2.05, 4.69) is 22.3 Å². The van der Waals surface area contributed by atoms with E-state index in [1.807, 2.05) is 12.4 Å². The summed E-state index contributed by atoms with van der Waals surface area (Å²) in [6.45, 7) is 2.53. The Morgan fingerprint density at radius 1 is 0.930 bits per heavy atom. The summed E-state index contributed by atoms with van der Waals surface area (Å²) < 4.78 is 33.8. The second-order valence-corrected chi connectivity index (χ2v) is 13.2. The van der Waals surface area contributed by atoms with Gasteiger partial charge in [0.05, 0.1) is 12.0 Å². The lowest BCUT2D eigenvalue weighted by Gasteiger charge is -2.38. The number of alkyl halides is 2. The first-order chi connectivity index (χ1) is 21.0. The molecule has 3 unspecified atom stereocenters. The van der Waals surface area contributed by atoms with Gasteiger partial charge in [0.25, 0.3) is 5.92 Å². The summed E-state index contributed by atoms with van der Waals surface area (Å²) in [6, 6.07) is 4.01. The van der Waals surface area contributed by atoms with Gasteiger partial charge in [0.2, 0.25) is 5.91 Å². The Bertz CT molecular complexity index is 1200.